The van der Waals surface area contributed by atoms with Crippen LogP contribution >= 0.6 is 11.3 Å². The monoisotopic (exact) mass is 317 g/mol. The van der Waals surface area contributed by atoms with Crippen LogP contribution in [-0.2, 0) is 10.0 Å². The SMILES string of the molecule is CC(N)C1CCCCN1C(=O)c1csc(S(N)(=O)=O)c1. The van der Waals surface area contributed by atoms with Crippen molar-refractivity contribution in [3.8, 4) is 0 Å². The number of hydrogen-bond acceptors (Lipinski definition) is 5. The molecule has 0 saturated carbocycles. The zero-order valence-corrected chi connectivity index (χ0v) is 12.9. The van der Waals surface area contributed by atoms with Gasteiger partial charge in [-0.1, -0.05) is 0 Å². The number of nitrogens with zero attached hydrogens (tertiary/aromatic N) is 1. The van der Waals surface area contributed by atoms with Gasteiger partial charge in [-0.2, -0.15) is 0 Å². The lowest BCUT2D eigenvalue weighted by molar-refractivity contribution is 0.0584. The van der Waals surface area contributed by atoms with Crippen LogP contribution in [0.1, 0.15) is 36.5 Å². The predicted octanol–water partition coefficient (Wildman–Crippen LogP) is 0.737. The van der Waals surface area contributed by atoms with Crippen molar-refractivity contribution in [3.63, 3.8) is 0 Å². The summed E-state index contributed by atoms with van der Waals surface area (Å²) >= 11 is 0.967. The van der Waals surface area contributed by atoms with E-state index >= 15 is 0 Å². The molecule has 20 heavy (non-hydrogen) atoms. The van der Waals surface area contributed by atoms with E-state index in [1.54, 1.807) is 4.90 Å². The molecule has 1 aliphatic rings. The number of likely N-dealkylation sites (tertiary alicyclic amines) is 1. The Morgan fingerprint density at radius 1 is 1.50 bits per heavy atom. The maximum atomic E-state index is 12.5. The first-order valence-corrected chi connectivity index (χ1v) is 8.91. The van der Waals surface area contributed by atoms with Gasteiger partial charge in [0.25, 0.3) is 5.91 Å². The number of piperidine rings is 1. The number of nitrogens with two attached hydrogens (primary N) is 2. The number of amides is 1. The lowest BCUT2D eigenvalue weighted by Gasteiger charge is -2.37. The Hall–Kier alpha value is -0.960. The van der Waals surface area contributed by atoms with E-state index in [1.807, 2.05) is 6.92 Å². The maximum absolute atomic E-state index is 12.5. The minimum Gasteiger partial charge on any atom is -0.334 e. The Morgan fingerprint density at radius 3 is 2.75 bits per heavy atom. The summed E-state index contributed by atoms with van der Waals surface area (Å²) in [6.45, 7) is 2.55. The molecule has 1 aromatic rings. The molecule has 0 bridgehead atoms. The zero-order valence-electron chi connectivity index (χ0n) is 11.3. The molecule has 8 heteroatoms. The van der Waals surface area contributed by atoms with Crippen LogP contribution in [0.15, 0.2) is 15.7 Å². The van der Waals surface area contributed by atoms with Crippen molar-refractivity contribution in [3.05, 3.63) is 17.0 Å². The van der Waals surface area contributed by atoms with Crippen LogP contribution < -0.4 is 10.9 Å². The number of thiophene rings is 1. The summed E-state index contributed by atoms with van der Waals surface area (Å²) in [6.07, 6.45) is 2.89. The van der Waals surface area contributed by atoms with Gasteiger partial charge in [0.05, 0.1) is 5.56 Å². The third-order valence-electron chi connectivity index (χ3n) is 3.52. The van der Waals surface area contributed by atoms with Gasteiger partial charge < -0.3 is 10.6 Å². The second kappa shape index (κ2) is 5.80. The summed E-state index contributed by atoms with van der Waals surface area (Å²) in [4.78, 5) is 14.2. The van der Waals surface area contributed by atoms with Gasteiger partial charge in [-0.05, 0) is 32.3 Å². The van der Waals surface area contributed by atoms with Crippen molar-refractivity contribution in [1.82, 2.24) is 4.90 Å². The molecule has 2 rings (SSSR count). The summed E-state index contributed by atoms with van der Waals surface area (Å²) in [7, 11) is -3.75. The van der Waals surface area contributed by atoms with E-state index in [-0.39, 0.29) is 22.2 Å². The van der Waals surface area contributed by atoms with Gasteiger partial charge in [0.1, 0.15) is 4.21 Å². The van der Waals surface area contributed by atoms with Crippen LogP contribution in [0.3, 0.4) is 0 Å². The van der Waals surface area contributed by atoms with Crippen LogP contribution in [0, 0.1) is 0 Å². The number of primary sulfonamides is 1. The van der Waals surface area contributed by atoms with Crippen molar-refractivity contribution in [2.45, 2.75) is 42.5 Å². The molecular weight excluding hydrogens is 298 g/mol. The topological polar surface area (TPSA) is 106 Å². The fourth-order valence-corrected chi connectivity index (χ4v) is 4.08. The molecule has 4 N–H and O–H groups in total. The highest BCUT2D eigenvalue weighted by Gasteiger charge is 2.30. The average molecular weight is 317 g/mol. The molecule has 1 aromatic heterocycles. The number of rotatable bonds is 3. The van der Waals surface area contributed by atoms with E-state index in [2.05, 4.69) is 0 Å². The Labute approximate surface area is 122 Å². The van der Waals surface area contributed by atoms with E-state index < -0.39 is 10.0 Å². The first kappa shape index (κ1) is 15.4. The zero-order chi connectivity index (χ0) is 14.9. The molecule has 1 amide bonds. The molecule has 0 aromatic carbocycles. The van der Waals surface area contributed by atoms with Crippen LogP contribution in [0.25, 0.3) is 0 Å². The molecule has 0 radical (unpaired) electrons. The molecule has 6 nitrogen and oxygen atoms in total. The van der Waals surface area contributed by atoms with E-state index in [1.165, 1.54) is 11.4 Å². The fourth-order valence-electron chi connectivity index (χ4n) is 2.50. The van der Waals surface area contributed by atoms with Crippen LogP contribution in [0.4, 0.5) is 0 Å². The lowest BCUT2D eigenvalue weighted by Crippen LogP contribution is -2.51. The van der Waals surface area contributed by atoms with E-state index in [0.717, 1.165) is 30.6 Å². The normalized spacial score (nSPS) is 21.8. The molecule has 0 aliphatic carbocycles. The number of carbonyl (C=O) groups is 1. The standard InChI is InChI=1S/C12H19N3O3S2/c1-8(13)10-4-2-3-5-15(10)12(16)9-6-11(19-7-9)20(14,17)18/h6-8,10H,2-5,13H2,1H3,(H2,14,17,18). The number of carbonyl (C=O) groups excluding carboxylic acids is 1. The van der Waals surface area contributed by atoms with Crippen molar-refractivity contribution >= 4 is 27.3 Å². The van der Waals surface area contributed by atoms with Crippen molar-refractivity contribution in [1.29, 1.82) is 0 Å². The molecule has 1 saturated heterocycles. The summed E-state index contributed by atoms with van der Waals surface area (Å²) in [5.74, 6) is -0.168. The molecule has 0 spiro atoms. The summed E-state index contributed by atoms with van der Waals surface area (Å²) in [6, 6.07) is 1.25. The molecular formula is C12H19N3O3S2. The Morgan fingerprint density at radius 2 is 2.20 bits per heavy atom. The van der Waals surface area contributed by atoms with Crippen molar-refractivity contribution < 1.29 is 13.2 Å². The Bertz CT molecular complexity index is 595. The smallest absolute Gasteiger partial charge is 0.255 e. The van der Waals surface area contributed by atoms with Gasteiger partial charge in [-0.25, -0.2) is 13.6 Å². The second-order valence-electron chi connectivity index (χ2n) is 5.12. The third kappa shape index (κ3) is 3.20. The highest BCUT2D eigenvalue weighted by Crippen LogP contribution is 2.25. The lowest BCUT2D eigenvalue weighted by atomic mass is 9.96. The largest absolute Gasteiger partial charge is 0.334 e. The first-order valence-electron chi connectivity index (χ1n) is 6.48. The van der Waals surface area contributed by atoms with Gasteiger partial charge in [-0.15, -0.1) is 11.3 Å². The van der Waals surface area contributed by atoms with E-state index in [4.69, 9.17) is 10.9 Å². The fraction of sp³-hybridized carbons (Fsp3) is 0.583. The second-order valence-corrected chi connectivity index (χ2v) is 7.82. The van der Waals surface area contributed by atoms with Crippen LogP contribution in [0.5, 0.6) is 0 Å². The third-order valence-corrected chi connectivity index (χ3v) is 5.91. The minimum atomic E-state index is -3.75. The summed E-state index contributed by atoms with van der Waals surface area (Å²) < 4.78 is 22.5. The summed E-state index contributed by atoms with van der Waals surface area (Å²) in [5.41, 5.74) is 6.31. The first-order chi connectivity index (χ1) is 9.30. The number of sulfonamides is 1. The van der Waals surface area contributed by atoms with Crippen LogP contribution in [-0.4, -0.2) is 37.9 Å². The number of hydrogen-bond donors (Lipinski definition) is 2. The van der Waals surface area contributed by atoms with Crippen molar-refractivity contribution in [2.24, 2.45) is 10.9 Å². The maximum Gasteiger partial charge on any atom is 0.255 e. The quantitative estimate of drug-likeness (QED) is 0.857. The Kier molecular flexibility index (Phi) is 4.48. The van der Waals surface area contributed by atoms with Gasteiger partial charge in [-0.3, -0.25) is 4.79 Å². The van der Waals surface area contributed by atoms with Crippen molar-refractivity contribution in [2.75, 3.05) is 6.54 Å². The molecule has 2 heterocycles. The highest BCUT2D eigenvalue weighted by atomic mass is 32.2. The molecule has 1 aliphatic heterocycles. The molecule has 1 fully saturated rings. The molecule has 2 atom stereocenters. The van der Waals surface area contributed by atoms with E-state index in [0.29, 0.717) is 12.1 Å². The van der Waals surface area contributed by atoms with E-state index in [9.17, 15) is 13.2 Å². The van der Waals surface area contributed by atoms with Gasteiger partial charge in [0.15, 0.2) is 0 Å². The molecule has 2 unspecified atom stereocenters. The predicted molar refractivity (Wildman–Crippen MR) is 78.0 cm³/mol. The van der Waals surface area contributed by atoms with Gasteiger partial charge in [0.2, 0.25) is 10.0 Å². The van der Waals surface area contributed by atoms with Crippen LogP contribution in [0.2, 0.25) is 0 Å². The van der Waals surface area contributed by atoms with Gasteiger partial charge >= 0.3 is 0 Å². The molecule has 112 valence electrons. The minimum absolute atomic E-state index is 0.00841. The highest BCUT2D eigenvalue weighted by molar-refractivity contribution is 7.91. The van der Waals surface area contributed by atoms with Gasteiger partial charge in [0, 0.05) is 24.0 Å². The Balaban J connectivity index is 2.23. The average Bonchev–Trinajstić information content (AvgIpc) is 2.87. The summed E-state index contributed by atoms with van der Waals surface area (Å²) in [5, 5.41) is 6.60.